The number of allylic oxidation sites excluding steroid dienone is 2. The molecule has 3 aliphatic carbocycles. The fraction of sp³-hybridized carbons (Fsp3) is 0.258. The summed E-state index contributed by atoms with van der Waals surface area (Å²) >= 11 is 0. The lowest BCUT2D eigenvalue weighted by Crippen LogP contribution is -2.31. The number of nitrogens with zero attached hydrogens (tertiary/aromatic N) is 2. The Bertz CT molecular complexity index is 3240. The molecule has 2 saturated carbocycles. The minimum absolute atomic E-state index is 0.187. The molecule has 316 valence electrons. The van der Waals surface area contributed by atoms with Gasteiger partial charge in [-0.25, -0.2) is 0 Å². The van der Waals surface area contributed by atoms with Crippen molar-refractivity contribution in [3.63, 3.8) is 0 Å². The Morgan fingerprint density at radius 2 is 0.969 bits per heavy atom. The van der Waals surface area contributed by atoms with Crippen LogP contribution in [0, 0.1) is 19.8 Å². The molecule has 2 nitrogen and oxygen atoms in total. The van der Waals surface area contributed by atoms with E-state index in [4.69, 9.17) is 0 Å². The van der Waals surface area contributed by atoms with Gasteiger partial charge in [0.15, 0.2) is 0 Å². The zero-order valence-corrected chi connectivity index (χ0v) is 37.5. The van der Waals surface area contributed by atoms with Gasteiger partial charge in [-0.2, -0.15) is 0 Å². The summed E-state index contributed by atoms with van der Waals surface area (Å²) in [6, 6.07) is 56.0. The van der Waals surface area contributed by atoms with Gasteiger partial charge in [-0.3, -0.25) is 0 Å². The van der Waals surface area contributed by atoms with Gasteiger partial charge in [0.1, 0.15) is 0 Å². The quantitative estimate of drug-likeness (QED) is 0.141. The molecule has 0 aromatic heterocycles. The maximum Gasteiger partial charge on any atom is 0.0560 e. The van der Waals surface area contributed by atoms with E-state index in [1.807, 2.05) is 0 Å². The van der Waals surface area contributed by atoms with Gasteiger partial charge in [-0.1, -0.05) is 166 Å². The third-order valence-electron chi connectivity index (χ3n) is 15.5. The van der Waals surface area contributed by atoms with Gasteiger partial charge in [0.25, 0.3) is 0 Å². The van der Waals surface area contributed by atoms with Crippen LogP contribution in [0.4, 0.5) is 28.4 Å². The first-order valence-electron chi connectivity index (χ1n) is 24.3. The van der Waals surface area contributed by atoms with Crippen LogP contribution in [0.25, 0.3) is 53.9 Å². The summed E-state index contributed by atoms with van der Waals surface area (Å²) in [6.45, 7) is 4.65. The highest BCUT2D eigenvalue weighted by Gasteiger charge is 2.29. The molecule has 0 heterocycles. The molecule has 3 aliphatic rings. The van der Waals surface area contributed by atoms with Gasteiger partial charge < -0.3 is 9.80 Å². The maximum absolute atomic E-state index is 2.69. The van der Waals surface area contributed by atoms with E-state index in [-0.39, 0.29) is 6.04 Å². The van der Waals surface area contributed by atoms with Crippen molar-refractivity contribution < 1.29 is 0 Å². The van der Waals surface area contributed by atoms with Gasteiger partial charge in [0, 0.05) is 38.6 Å². The lowest BCUT2D eigenvalue weighted by atomic mass is 9.81. The molecule has 1 atom stereocenters. The van der Waals surface area contributed by atoms with Crippen LogP contribution in [0.3, 0.4) is 0 Å². The lowest BCUT2D eigenvalue weighted by molar-refractivity contribution is 0.406. The first-order chi connectivity index (χ1) is 31.6. The van der Waals surface area contributed by atoms with Gasteiger partial charge in [0.2, 0.25) is 0 Å². The summed E-state index contributed by atoms with van der Waals surface area (Å²) in [5.74, 6) is 1.37. The molecule has 0 N–H and O–H groups in total. The van der Waals surface area contributed by atoms with Crippen LogP contribution >= 0.6 is 0 Å². The van der Waals surface area contributed by atoms with Crippen molar-refractivity contribution >= 4 is 82.3 Å². The molecule has 0 spiro atoms. The van der Waals surface area contributed by atoms with Crippen molar-refractivity contribution in [1.29, 1.82) is 0 Å². The molecule has 0 aliphatic heterocycles. The number of fused-ring (bicyclic) bond motifs is 2. The fourth-order valence-electron chi connectivity index (χ4n) is 12.3. The molecule has 2 fully saturated rings. The average molecular weight is 831 g/mol. The highest BCUT2D eigenvalue weighted by Crippen LogP contribution is 2.50. The maximum atomic E-state index is 2.69. The summed E-state index contributed by atoms with van der Waals surface area (Å²) in [4.78, 5) is 5.25. The lowest BCUT2D eigenvalue weighted by Gasteiger charge is -2.36. The minimum atomic E-state index is 0.187. The SMILES string of the molecule is Cc1cc(N(c2ccc(C3CCCCC3)cc2)c2cccc3ccccc23)c2ccc3c(C)cc(N(c4cccc5ccccc45)C4C=CC(C5CCCCC5)=CC4)c4ccc1c2c34. The van der Waals surface area contributed by atoms with E-state index in [0.717, 1.165) is 6.42 Å². The second-order valence-electron chi connectivity index (χ2n) is 19.3. The predicted octanol–water partition coefficient (Wildman–Crippen LogP) is 18.0. The fourth-order valence-corrected chi connectivity index (χ4v) is 12.3. The van der Waals surface area contributed by atoms with Crippen molar-refractivity contribution in [2.45, 2.75) is 96.4 Å². The third-order valence-corrected chi connectivity index (χ3v) is 15.5. The summed E-state index contributed by atoms with van der Waals surface area (Å²) in [5, 5.41) is 13.1. The van der Waals surface area contributed by atoms with Crippen molar-refractivity contribution in [2.24, 2.45) is 5.92 Å². The van der Waals surface area contributed by atoms with Crippen LogP contribution in [0.1, 0.15) is 93.2 Å². The Morgan fingerprint density at radius 3 is 1.59 bits per heavy atom. The molecular formula is C62H58N2. The Hall–Kier alpha value is -6.38. The van der Waals surface area contributed by atoms with Gasteiger partial charge in [-0.15, -0.1) is 0 Å². The van der Waals surface area contributed by atoms with Crippen LogP contribution in [0.5, 0.6) is 0 Å². The molecule has 0 amide bonds. The van der Waals surface area contributed by atoms with E-state index >= 15 is 0 Å². The molecule has 9 aromatic rings. The molecule has 12 rings (SSSR count). The molecule has 0 saturated heterocycles. The average Bonchev–Trinajstić information content (AvgIpc) is 3.36. The number of rotatable bonds is 8. The second kappa shape index (κ2) is 16.3. The van der Waals surface area contributed by atoms with Crippen LogP contribution < -0.4 is 9.80 Å². The highest BCUT2D eigenvalue weighted by molar-refractivity contribution is 6.29. The number of hydrogen-bond acceptors (Lipinski definition) is 2. The first-order valence-corrected chi connectivity index (χ1v) is 24.3. The normalized spacial score (nSPS) is 17.5. The number of benzene rings is 9. The first kappa shape index (κ1) is 39.2. The van der Waals surface area contributed by atoms with Crippen LogP contribution in [-0.2, 0) is 0 Å². The number of hydrogen-bond donors (Lipinski definition) is 0. The van der Waals surface area contributed by atoms with E-state index in [9.17, 15) is 0 Å². The summed E-state index contributed by atoms with van der Waals surface area (Å²) in [5.41, 5.74) is 11.8. The van der Waals surface area contributed by atoms with Gasteiger partial charge in [-0.05, 0) is 149 Å². The van der Waals surface area contributed by atoms with Crippen molar-refractivity contribution in [1.82, 2.24) is 0 Å². The van der Waals surface area contributed by atoms with Crippen molar-refractivity contribution in [3.05, 3.63) is 186 Å². The van der Waals surface area contributed by atoms with E-state index < -0.39 is 0 Å². The van der Waals surface area contributed by atoms with Crippen LogP contribution in [0.15, 0.2) is 169 Å². The Kier molecular flexibility index (Phi) is 10.00. The molecule has 0 bridgehead atoms. The monoisotopic (exact) mass is 830 g/mol. The Morgan fingerprint density at radius 1 is 0.438 bits per heavy atom. The number of aryl methyl sites for hydroxylation is 2. The van der Waals surface area contributed by atoms with E-state index in [2.05, 4.69) is 187 Å². The molecule has 9 aromatic carbocycles. The Labute approximate surface area is 378 Å². The molecule has 1 unspecified atom stereocenters. The summed E-state index contributed by atoms with van der Waals surface area (Å²) < 4.78 is 0. The molecule has 64 heavy (non-hydrogen) atoms. The minimum Gasteiger partial charge on any atom is -0.333 e. The van der Waals surface area contributed by atoms with E-state index in [1.165, 1.54) is 163 Å². The number of anilines is 5. The summed E-state index contributed by atoms with van der Waals surface area (Å²) in [7, 11) is 0. The van der Waals surface area contributed by atoms with Gasteiger partial charge in [0.05, 0.1) is 17.4 Å². The van der Waals surface area contributed by atoms with Crippen LogP contribution in [-0.4, -0.2) is 6.04 Å². The third kappa shape index (κ3) is 6.68. The summed E-state index contributed by atoms with van der Waals surface area (Å²) in [6.07, 6.45) is 22.0. The zero-order chi connectivity index (χ0) is 42.7. The standard InChI is InChI=1S/C62H58N2/c1-41-39-59(63(57-25-13-21-47-19-9-11-23-53(47)57)49-31-27-45(28-32-49)43-15-5-3-6-16-43)55-38-36-52-42(2)40-60(56-37-35-51(41)61(55)62(52)56)64(58-26-14-22-48-20-10-12-24-54(48)58)50-33-29-46(30-34-50)44-17-7-4-8-18-44/h9-14,19-33,35-40,43-44,50H,3-8,15-18,34H2,1-2H3. The predicted molar refractivity (Wildman–Crippen MR) is 276 cm³/mol. The van der Waals surface area contributed by atoms with Gasteiger partial charge >= 0.3 is 0 Å². The van der Waals surface area contributed by atoms with E-state index in [0.29, 0.717) is 11.8 Å². The Balaban J connectivity index is 1.08. The van der Waals surface area contributed by atoms with E-state index in [1.54, 1.807) is 5.57 Å². The second-order valence-corrected chi connectivity index (χ2v) is 19.3. The van der Waals surface area contributed by atoms with Crippen molar-refractivity contribution in [3.8, 4) is 0 Å². The smallest absolute Gasteiger partial charge is 0.0560 e. The van der Waals surface area contributed by atoms with Crippen molar-refractivity contribution in [2.75, 3.05) is 9.80 Å². The topological polar surface area (TPSA) is 6.48 Å². The molecular weight excluding hydrogens is 773 g/mol. The zero-order valence-electron chi connectivity index (χ0n) is 37.5. The highest BCUT2D eigenvalue weighted by atomic mass is 15.2. The van der Waals surface area contributed by atoms with Crippen LogP contribution in [0.2, 0.25) is 0 Å². The molecule has 2 heteroatoms. The molecule has 0 radical (unpaired) electrons. The largest absolute Gasteiger partial charge is 0.333 e.